The summed E-state index contributed by atoms with van der Waals surface area (Å²) in [5.74, 6) is -0.329. The number of para-hydroxylation sites is 1. The number of fused-ring (bicyclic) bond motifs is 3. The Morgan fingerprint density at radius 2 is 1.84 bits per heavy atom. The van der Waals surface area contributed by atoms with Crippen LogP contribution >= 0.6 is 0 Å². The van der Waals surface area contributed by atoms with E-state index >= 15 is 0 Å². The third kappa shape index (κ3) is 3.81. The van der Waals surface area contributed by atoms with Crippen LogP contribution in [0.15, 0.2) is 36.4 Å². The van der Waals surface area contributed by atoms with Crippen molar-refractivity contribution in [1.29, 1.82) is 0 Å². The van der Waals surface area contributed by atoms with Crippen LogP contribution in [-0.4, -0.2) is 17.1 Å². The van der Waals surface area contributed by atoms with Crippen molar-refractivity contribution < 1.29 is 9.59 Å². The molecule has 3 rings (SSSR count). The van der Waals surface area contributed by atoms with E-state index in [0.717, 1.165) is 23.9 Å². The SMILES string of the molecule is CCCCCCc1ccc2c([nH]c3ccccc32)c1CCC(=O)C=O. The van der Waals surface area contributed by atoms with Gasteiger partial charge in [0.1, 0.15) is 0 Å². The maximum Gasteiger partial charge on any atom is 0.195 e. The van der Waals surface area contributed by atoms with Crippen molar-refractivity contribution in [3.05, 3.63) is 47.5 Å². The molecule has 3 nitrogen and oxygen atoms in total. The third-order valence-corrected chi connectivity index (χ3v) is 4.94. The summed E-state index contributed by atoms with van der Waals surface area (Å²) >= 11 is 0. The maximum absolute atomic E-state index is 11.5. The predicted molar refractivity (Wildman–Crippen MR) is 103 cm³/mol. The van der Waals surface area contributed by atoms with E-state index < -0.39 is 0 Å². The lowest BCUT2D eigenvalue weighted by atomic mass is 9.94. The summed E-state index contributed by atoms with van der Waals surface area (Å²) in [4.78, 5) is 25.8. The first kappa shape index (κ1) is 17.4. The number of aldehydes is 1. The Balaban J connectivity index is 1.99. The molecule has 0 saturated carbocycles. The van der Waals surface area contributed by atoms with Gasteiger partial charge in [-0.15, -0.1) is 0 Å². The van der Waals surface area contributed by atoms with Crippen molar-refractivity contribution in [2.24, 2.45) is 0 Å². The average molecular weight is 335 g/mol. The van der Waals surface area contributed by atoms with Crippen molar-refractivity contribution >= 4 is 33.9 Å². The van der Waals surface area contributed by atoms with E-state index in [1.807, 2.05) is 12.1 Å². The number of aromatic nitrogens is 1. The Bertz CT molecular complexity index is 892. The van der Waals surface area contributed by atoms with Crippen LogP contribution in [0.5, 0.6) is 0 Å². The number of hydrogen-bond acceptors (Lipinski definition) is 2. The average Bonchev–Trinajstić information content (AvgIpc) is 3.02. The number of carbonyl (C=O) groups excluding carboxylic acids is 2. The fourth-order valence-corrected chi connectivity index (χ4v) is 3.59. The van der Waals surface area contributed by atoms with E-state index in [9.17, 15) is 9.59 Å². The standard InChI is InChI=1S/C22H25NO2/c1-2-3-4-5-8-16-11-13-20-19-9-6-7-10-21(19)23-22(20)18(16)14-12-17(25)15-24/h6-7,9-11,13,15,23H,2-5,8,12,14H2,1H3. The Kier molecular flexibility index (Phi) is 5.64. The number of nitrogens with one attached hydrogen (secondary N) is 1. The van der Waals surface area contributed by atoms with Crippen molar-refractivity contribution in [2.75, 3.05) is 0 Å². The summed E-state index contributed by atoms with van der Waals surface area (Å²) in [5.41, 5.74) is 4.73. The number of Topliss-reactive ketones (excluding diaryl/α,β-unsaturated/α-hetero) is 1. The highest BCUT2D eigenvalue weighted by atomic mass is 16.2. The van der Waals surface area contributed by atoms with Gasteiger partial charge in [-0.2, -0.15) is 0 Å². The quantitative estimate of drug-likeness (QED) is 0.334. The molecule has 2 aromatic carbocycles. The number of benzene rings is 2. The lowest BCUT2D eigenvalue weighted by molar-refractivity contribution is -0.129. The predicted octanol–water partition coefficient (Wildman–Crippen LogP) is 5.14. The number of hydrogen-bond donors (Lipinski definition) is 1. The van der Waals surface area contributed by atoms with E-state index in [1.54, 1.807) is 0 Å². The Labute approximate surface area is 148 Å². The molecule has 0 aliphatic heterocycles. The van der Waals surface area contributed by atoms with Gasteiger partial charge in [-0.25, -0.2) is 0 Å². The summed E-state index contributed by atoms with van der Waals surface area (Å²) in [7, 11) is 0. The number of unbranched alkanes of at least 4 members (excludes halogenated alkanes) is 3. The van der Waals surface area contributed by atoms with Gasteiger partial charge in [0.2, 0.25) is 0 Å². The minimum atomic E-state index is -0.329. The monoisotopic (exact) mass is 335 g/mol. The van der Waals surface area contributed by atoms with Gasteiger partial charge in [-0.1, -0.05) is 56.5 Å². The highest BCUT2D eigenvalue weighted by molar-refractivity contribution is 6.25. The number of carbonyl (C=O) groups is 2. The minimum Gasteiger partial charge on any atom is -0.354 e. The molecule has 0 radical (unpaired) electrons. The van der Waals surface area contributed by atoms with Crippen LogP contribution in [0, 0.1) is 0 Å². The maximum atomic E-state index is 11.5. The molecular formula is C22H25NO2. The fraction of sp³-hybridized carbons (Fsp3) is 0.364. The zero-order valence-electron chi connectivity index (χ0n) is 14.8. The third-order valence-electron chi connectivity index (χ3n) is 4.94. The van der Waals surface area contributed by atoms with Gasteiger partial charge >= 0.3 is 0 Å². The van der Waals surface area contributed by atoms with E-state index in [0.29, 0.717) is 12.7 Å². The second-order valence-electron chi connectivity index (χ2n) is 6.69. The van der Waals surface area contributed by atoms with E-state index in [2.05, 4.69) is 36.2 Å². The van der Waals surface area contributed by atoms with Gasteiger partial charge in [0.05, 0.1) is 0 Å². The van der Waals surface area contributed by atoms with Crippen molar-refractivity contribution in [3.8, 4) is 0 Å². The number of aryl methyl sites for hydroxylation is 2. The first-order valence-corrected chi connectivity index (χ1v) is 9.23. The van der Waals surface area contributed by atoms with E-state index in [1.165, 1.54) is 41.2 Å². The second kappa shape index (κ2) is 8.11. The molecule has 3 heteroatoms. The highest BCUT2D eigenvalue weighted by Crippen LogP contribution is 2.31. The highest BCUT2D eigenvalue weighted by Gasteiger charge is 2.13. The summed E-state index contributed by atoms with van der Waals surface area (Å²) < 4.78 is 0. The number of ketones is 1. The molecular weight excluding hydrogens is 310 g/mol. The molecule has 0 bridgehead atoms. The molecule has 1 N–H and O–H groups in total. The molecule has 0 atom stereocenters. The topological polar surface area (TPSA) is 49.9 Å². The van der Waals surface area contributed by atoms with E-state index in [-0.39, 0.29) is 12.2 Å². The van der Waals surface area contributed by atoms with Gasteiger partial charge in [0.15, 0.2) is 12.1 Å². The Morgan fingerprint density at radius 1 is 1.00 bits per heavy atom. The second-order valence-corrected chi connectivity index (χ2v) is 6.69. The molecule has 130 valence electrons. The van der Waals surface area contributed by atoms with Crippen LogP contribution in [0.3, 0.4) is 0 Å². The van der Waals surface area contributed by atoms with Gasteiger partial charge in [0.25, 0.3) is 0 Å². The molecule has 0 aliphatic carbocycles. The summed E-state index contributed by atoms with van der Waals surface area (Å²) in [6, 6.07) is 12.7. The first-order valence-electron chi connectivity index (χ1n) is 9.23. The number of H-pyrrole nitrogens is 1. The Hall–Kier alpha value is -2.42. The van der Waals surface area contributed by atoms with Crippen molar-refractivity contribution in [1.82, 2.24) is 4.98 Å². The molecule has 1 heterocycles. The lowest BCUT2D eigenvalue weighted by Gasteiger charge is -2.11. The molecule has 0 saturated heterocycles. The van der Waals surface area contributed by atoms with Crippen LogP contribution in [0.4, 0.5) is 0 Å². The largest absolute Gasteiger partial charge is 0.354 e. The lowest BCUT2D eigenvalue weighted by Crippen LogP contribution is -2.04. The molecule has 25 heavy (non-hydrogen) atoms. The van der Waals surface area contributed by atoms with Crippen molar-refractivity contribution in [3.63, 3.8) is 0 Å². The minimum absolute atomic E-state index is 0.278. The number of rotatable bonds is 9. The van der Waals surface area contributed by atoms with Crippen LogP contribution in [0.1, 0.15) is 50.2 Å². The molecule has 0 unspecified atom stereocenters. The summed E-state index contributed by atoms with van der Waals surface area (Å²) in [6.07, 6.45) is 7.23. The molecule has 0 amide bonds. The molecule has 1 aromatic heterocycles. The van der Waals surface area contributed by atoms with Gasteiger partial charge in [-0.3, -0.25) is 9.59 Å². The normalized spacial score (nSPS) is 11.2. The van der Waals surface area contributed by atoms with E-state index in [4.69, 9.17) is 0 Å². The molecule has 3 aromatic rings. The first-order chi connectivity index (χ1) is 12.2. The number of aromatic amines is 1. The van der Waals surface area contributed by atoms with Crippen molar-refractivity contribution in [2.45, 2.75) is 51.9 Å². The zero-order valence-corrected chi connectivity index (χ0v) is 14.8. The summed E-state index contributed by atoms with van der Waals surface area (Å²) in [5, 5.41) is 2.40. The van der Waals surface area contributed by atoms with Crippen LogP contribution in [0.2, 0.25) is 0 Å². The molecule has 0 aliphatic rings. The smallest absolute Gasteiger partial charge is 0.195 e. The fourth-order valence-electron chi connectivity index (χ4n) is 3.59. The molecule has 0 fully saturated rings. The van der Waals surface area contributed by atoms with Gasteiger partial charge in [-0.05, 0) is 36.5 Å². The molecule has 0 spiro atoms. The zero-order chi connectivity index (χ0) is 17.6. The summed E-state index contributed by atoms with van der Waals surface area (Å²) in [6.45, 7) is 2.22. The van der Waals surface area contributed by atoms with Gasteiger partial charge < -0.3 is 4.98 Å². The van der Waals surface area contributed by atoms with Gasteiger partial charge in [0, 0.05) is 28.2 Å². The van der Waals surface area contributed by atoms with Crippen LogP contribution in [0.25, 0.3) is 21.8 Å². The van der Waals surface area contributed by atoms with Crippen LogP contribution < -0.4 is 0 Å². The Morgan fingerprint density at radius 3 is 2.64 bits per heavy atom. The van der Waals surface area contributed by atoms with Crippen LogP contribution in [-0.2, 0) is 22.4 Å².